The topological polar surface area (TPSA) is 48.2 Å². The number of nitrogens with zero attached hydrogens (tertiary/aromatic N) is 2. The quantitative estimate of drug-likeness (QED) is 0.762. The normalized spacial score (nSPS) is 46.5. The second kappa shape index (κ2) is 4.79. The molecule has 1 saturated heterocycles. The minimum Gasteiger partial charge on any atom is -0.381 e. The van der Waals surface area contributed by atoms with Crippen molar-refractivity contribution >= 4 is 15.9 Å². The molecule has 6 rings (SSSR count). The van der Waals surface area contributed by atoms with Gasteiger partial charge in [-0.25, -0.2) is 0 Å². The molecular weight excluding hydrogens is 344 g/mol. The fourth-order valence-electron chi connectivity index (χ4n) is 6.11. The fourth-order valence-corrected chi connectivity index (χ4v) is 7.62. The molecule has 5 atom stereocenters. The largest absolute Gasteiger partial charge is 0.381 e. The Morgan fingerprint density at radius 3 is 2.68 bits per heavy atom. The van der Waals surface area contributed by atoms with E-state index in [0.717, 1.165) is 49.6 Å². The van der Waals surface area contributed by atoms with Gasteiger partial charge in [-0.3, -0.25) is 0 Å². The minimum absolute atomic E-state index is 0.344. The second-order valence-corrected chi connectivity index (χ2v) is 10.1. The first-order chi connectivity index (χ1) is 10.6. The predicted octanol–water partition coefficient (Wildman–Crippen LogP) is 3.85. The van der Waals surface area contributed by atoms with Gasteiger partial charge in [0, 0.05) is 23.3 Å². The Balaban J connectivity index is 1.37. The van der Waals surface area contributed by atoms with Crippen molar-refractivity contribution in [1.29, 1.82) is 0 Å². The Labute approximate surface area is 139 Å². The zero-order valence-corrected chi connectivity index (χ0v) is 14.5. The van der Waals surface area contributed by atoms with Crippen molar-refractivity contribution in [3.05, 3.63) is 11.7 Å². The Morgan fingerprint density at radius 1 is 1.18 bits per heavy atom. The first kappa shape index (κ1) is 14.0. The van der Waals surface area contributed by atoms with Gasteiger partial charge in [0.2, 0.25) is 5.89 Å². The molecule has 0 N–H and O–H groups in total. The maximum atomic E-state index is 5.62. The van der Waals surface area contributed by atoms with Crippen LogP contribution in [0.15, 0.2) is 4.52 Å². The SMILES string of the molecule is BrC12C[C@H]3C[C@@H](C1)CC(Cc1nc([C@H]4CCOC4)no1)(C3)C2. The lowest BCUT2D eigenvalue weighted by Gasteiger charge is -2.60. The summed E-state index contributed by atoms with van der Waals surface area (Å²) in [5.41, 5.74) is 0.406. The Morgan fingerprint density at radius 2 is 2.00 bits per heavy atom. The molecular formula is C17H23BrN2O2. The monoisotopic (exact) mass is 366 g/mol. The molecule has 1 aromatic rings. The van der Waals surface area contributed by atoms with Gasteiger partial charge >= 0.3 is 0 Å². The Hall–Kier alpha value is -0.420. The summed E-state index contributed by atoms with van der Waals surface area (Å²) >= 11 is 4.08. The number of aromatic nitrogens is 2. The van der Waals surface area contributed by atoms with Crippen molar-refractivity contribution in [3.8, 4) is 0 Å². The van der Waals surface area contributed by atoms with E-state index in [2.05, 4.69) is 21.1 Å². The first-order valence-electron chi connectivity index (χ1n) is 8.71. The van der Waals surface area contributed by atoms with Crippen LogP contribution >= 0.6 is 15.9 Å². The molecule has 120 valence electrons. The van der Waals surface area contributed by atoms with Crippen molar-refractivity contribution in [2.45, 2.75) is 61.6 Å². The number of hydrogen-bond acceptors (Lipinski definition) is 4. The maximum Gasteiger partial charge on any atom is 0.227 e. The van der Waals surface area contributed by atoms with E-state index >= 15 is 0 Å². The number of ether oxygens (including phenoxy) is 1. The minimum atomic E-state index is 0.344. The van der Waals surface area contributed by atoms with Crippen LogP contribution in [-0.2, 0) is 11.2 Å². The molecule has 0 amide bonds. The molecule has 1 aliphatic heterocycles. The lowest BCUT2D eigenvalue weighted by Crippen LogP contribution is -2.53. The third-order valence-corrected chi connectivity index (χ3v) is 7.34. The second-order valence-electron chi connectivity index (χ2n) is 8.40. The summed E-state index contributed by atoms with van der Waals surface area (Å²) in [5, 5.41) is 4.24. The summed E-state index contributed by atoms with van der Waals surface area (Å²) in [6.45, 7) is 1.58. The van der Waals surface area contributed by atoms with Crippen LogP contribution < -0.4 is 0 Å². The third kappa shape index (κ3) is 2.27. The van der Waals surface area contributed by atoms with Gasteiger partial charge in [-0.1, -0.05) is 21.1 Å². The molecule has 4 bridgehead atoms. The van der Waals surface area contributed by atoms with E-state index in [0.29, 0.717) is 15.7 Å². The summed E-state index contributed by atoms with van der Waals surface area (Å²) in [6.07, 6.45) is 10.2. The first-order valence-corrected chi connectivity index (χ1v) is 9.50. The highest BCUT2D eigenvalue weighted by Crippen LogP contribution is 2.65. The van der Waals surface area contributed by atoms with Gasteiger partial charge in [0.15, 0.2) is 5.82 Å². The van der Waals surface area contributed by atoms with Crippen LogP contribution in [0.2, 0.25) is 0 Å². The molecule has 0 radical (unpaired) electrons. The average Bonchev–Trinajstić information content (AvgIpc) is 3.05. The number of alkyl halides is 1. The van der Waals surface area contributed by atoms with Crippen molar-refractivity contribution in [2.24, 2.45) is 17.3 Å². The smallest absolute Gasteiger partial charge is 0.227 e. The fraction of sp³-hybridized carbons (Fsp3) is 0.882. The molecule has 0 spiro atoms. The van der Waals surface area contributed by atoms with E-state index in [1.165, 1.54) is 38.5 Å². The predicted molar refractivity (Wildman–Crippen MR) is 85.0 cm³/mol. The molecule has 5 aliphatic rings. The zero-order valence-electron chi connectivity index (χ0n) is 12.9. The third-order valence-electron chi connectivity index (χ3n) is 6.42. The van der Waals surface area contributed by atoms with Crippen molar-refractivity contribution in [3.63, 3.8) is 0 Å². The molecule has 5 heteroatoms. The molecule has 2 unspecified atom stereocenters. The lowest BCUT2D eigenvalue weighted by molar-refractivity contribution is -0.0383. The highest BCUT2D eigenvalue weighted by Gasteiger charge is 2.57. The van der Waals surface area contributed by atoms with E-state index in [9.17, 15) is 0 Å². The van der Waals surface area contributed by atoms with E-state index in [4.69, 9.17) is 14.2 Å². The van der Waals surface area contributed by atoms with Crippen molar-refractivity contribution < 1.29 is 9.26 Å². The van der Waals surface area contributed by atoms with E-state index in [-0.39, 0.29) is 0 Å². The van der Waals surface area contributed by atoms with Crippen molar-refractivity contribution in [2.75, 3.05) is 13.2 Å². The van der Waals surface area contributed by atoms with E-state index in [1.807, 2.05) is 0 Å². The van der Waals surface area contributed by atoms with Crippen LogP contribution in [0, 0.1) is 17.3 Å². The van der Waals surface area contributed by atoms with E-state index < -0.39 is 0 Å². The maximum absolute atomic E-state index is 5.62. The summed E-state index contributed by atoms with van der Waals surface area (Å²) in [5.74, 6) is 3.89. The van der Waals surface area contributed by atoms with Gasteiger partial charge in [0.05, 0.1) is 6.61 Å². The molecule has 1 aromatic heterocycles. The summed E-state index contributed by atoms with van der Waals surface area (Å²) in [4.78, 5) is 4.72. The molecule has 4 aliphatic carbocycles. The molecule has 2 heterocycles. The van der Waals surface area contributed by atoms with Crippen LogP contribution in [0.3, 0.4) is 0 Å². The van der Waals surface area contributed by atoms with Gasteiger partial charge in [0.25, 0.3) is 0 Å². The molecule has 0 aromatic carbocycles. The highest BCUT2D eigenvalue weighted by atomic mass is 79.9. The number of hydrogen-bond donors (Lipinski definition) is 0. The molecule has 4 saturated carbocycles. The van der Waals surface area contributed by atoms with Crippen LogP contribution in [0.1, 0.15) is 62.6 Å². The lowest BCUT2D eigenvalue weighted by atomic mass is 9.48. The number of rotatable bonds is 3. The van der Waals surface area contributed by atoms with Gasteiger partial charge in [-0.05, 0) is 62.2 Å². The van der Waals surface area contributed by atoms with Gasteiger partial charge in [0.1, 0.15) is 0 Å². The standard InChI is InChI=1S/C17H23BrN2O2/c18-17-6-11-3-12(7-17)5-16(4-11,10-17)8-14-19-15(20-22-14)13-1-2-21-9-13/h11-13H,1-10H2/t11-,12+,13-,16?,17?/m0/s1. The average molecular weight is 367 g/mol. The Kier molecular flexibility index (Phi) is 3.04. The Bertz CT molecular complexity index is 567. The highest BCUT2D eigenvalue weighted by molar-refractivity contribution is 9.10. The summed E-state index contributed by atoms with van der Waals surface area (Å²) in [7, 11) is 0. The molecule has 22 heavy (non-hydrogen) atoms. The van der Waals surface area contributed by atoms with Gasteiger partial charge in [-0.2, -0.15) is 4.98 Å². The molecule has 4 nitrogen and oxygen atoms in total. The van der Waals surface area contributed by atoms with Crippen molar-refractivity contribution in [1.82, 2.24) is 10.1 Å². The van der Waals surface area contributed by atoms with Gasteiger partial charge < -0.3 is 9.26 Å². The van der Waals surface area contributed by atoms with E-state index in [1.54, 1.807) is 0 Å². The molecule has 5 fully saturated rings. The summed E-state index contributed by atoms with van der Waals surface area (Å²) < 4.78 is 11.5. The summed E-state index contributed by atoms with van der Waals surface area (Å²) in [6, 6.07) is 0. The van der Waals surface area contributed by atoms with Crippen LogP contribution in [0.5, 0.6) is 0 Å². The number of halogens is 1. The van der Waals surface area contributed by atoms with Crippen LogP contribution in [0.25, 0.3) is 0 Å². The van der Waals surface area contributed by atoms with Crippen LogP contribution in [-0.4, -0.2) is 27.7 Å². The van der Waals surface area contributed by atoms with Gasteiger partial charge in [-0.15, -0.1) is 0 Å². The zero-order chi connectivity index (χ0) is 14.8. The van der Waals surface area contributed by atoms with Crippen LogP contribution in [0.4, 0.5) is 0 Å².